The number of aromatic nitrogens is 1. The average Bonchev–Trinajstić information content (AvgIpc) is 2.82. The molecule has 1 aromatic heterocycles. The summed E-state index contributed by atoms with van der Waals surface area (Å²) in [6.07, 6.45) is 1.09. The lowest BCUT2D eigenvalue weighted by atomic mass is 10.0. The van der Waals surface area contributed by atoms with Gasteiger partial charge in [0.2, 0.25) is 5.88 Å². The number of pyridine rings is 1. The summed E-state index contributed by atoms with van der Waals surface area (Å²) in [5.74, 6) is 0.185. The number of ether oxygens (including phenoxy) is 3. The summed E-state index contributed by atoms with van der Waals surface area (Å²) in [5, 5.41) is 18.5. The molecular weight excluding hydrogens is 446 g/mol. The van der Waals surface area contributed by atoms with E-state index in [4.69, 9.17) is 36.0 Å². The van der Waals surface area contributed by atoms with Gasteiger partial charge in [0.05, 0.1) is 19.1 Å². The Kier molecular flexibility index (Phi) is 9.06. The third-order valence-corrected chi connectivity index (χ3v) is 5.13. The second kappa shape index (κ2) is 12.2. The van der Waals surface area contributed by atoms with Crippen LogP contribution in [0.5, 0.6) is 11.6 Å². The lowest BCUT2D eigenvalue weighted by molar-refractivity contribution is -0.140. The van der Waals surface area contributed by atoms with E-state index >= 15 is 0 Å². The van der Waals surface area contributed by atoms with Gasteiger partial charge in [-0.05, 0) is 48.4 Å². The molecule has 1 heterocycles. The molecule has 3 rings (SSSR count). The first-order valence-electron chi connectivity index (χ1n) is 10.5. The maximum atomic E-state index is 11.1. The molecule has 0 aliphatic rings. The van der Waals surface area contributed by atoms with Crippen LogP contribution in [0.4, 0.5) is 0 Å². The number of aliphatic hydroxyl groups excluding tert-OH is 1. The zero-order valence-corrected chi connectivity index (χ0v) is 19.0. The van der Waals surface area contributed by atoms with Gasteiger partial charge in [-0.15, -0.1) is 0 Å². The molecule has 0 radical (unpaired) electrons. The number of hydrogen-bond donors (Lipinski definition) is 2. The van der Waals surface area contributed by atoms with E-state index in [1.165, 1.54) is 0 Å². The maximum Gasteiger partial charge on any atom is 0.306 e. The molecule has 8 heteroatoms. The van der Waals surface area contributed by atoms with Gasteiger partial charge < -0.3 is 24.4 Å². The standard InChI is InChI=1S/C25H26ClNO6/c1-2-31-23(14-25(29)30)18-4-7-20(8-5-18)33-16-17-3-9-22(26)21(13-17)19-6-10-24(27-15-19)32-12-11-28/h3-10,13,15,23,28H,2,11-12,14,16H2,1H3,(H,29,30)/t23-/m0/s1. The van der Waals surface area contributed by atoms with Crippen LogP contribution >= 0.6 is 11.6 Å². The van der Waals surface area contributed by atoms with Crippen molar-refractivity contribution in [3.05, 3.63) is 76.9 Å². The third kappa shape index (κ3) is 7.18. The van der Waals surface area contributed by atoms with Gasteiger partial charge in [-0.3, -0.25) is 4.79 Å². The van der Waals surface area contributed by atoms with Gasteiger partial charge in [0.1, 0.15) is 19.0 Å². The summed E-state index contributed by atoms with van der Waals surface area (Å²) in [7, 11) is 0. The minimum atomic E-state index is -0.908. The summed E-state index contributed by atoms with van der Waals surface area (Å²) >= 11 is 6.39. The SMILES string of the molecule is CCO[C@@H](CC(=O)O)c1ccc(OCc2ccc(Cl)c(-c3ccc(OCCO)nc3)c2)cc1. The number of nitrogens with zero attached hydrogens (tertiary/aromatic N) is 1. The summed E-state index contributed by atoms with van der Waals surface area (Å²) in [4.78, 5) is 15.3. The van der Waals surface area contributed by atoms with E-state index in [9.17, 15) is 4.79 Å². The van der Waals surface area contributed by atoms with Crippen LogP contribution in [0, 0.1) is 0 Å². The first-order chi connectivity index (χ1) is 16.0. The molecule has 174 valence electrons. The molecule has 2 N–H and O–H groups in total. The van der Waals surface area contributed by atoms with Crippen molar-refractivity contribution in [1.29, 1.82) is 0 Å². The molecule has 0 aliphatic heterocycles. The van der Waals surface area contributed by atoms with Crippen molar-refractivity contribution >= 4 is 17.6 Å². The van der Waals surface area contributed by atoms with Crippen molar-refractivity contribution in [3.8, 4) is 22.8 Å². The number of benzene rings is 2. The number of carboxylic acid groups (broad SMARTS) is 1. The van der Waals surface area contributed by atoms with E-state index < -0.39 is 12.1 Å². The number of carboxylic acids is 1. The minimum absolute atomic E-state index is 0.0739. The highest BCUT2D eigenvalue weighted by molar-refractivity contribution is 6.33. The quantitative estimate of drug-likeness (QED) is 0.387. The summed E-state index contributed by atoms with van der Waals surface area (Å²) in [5.41, 5.74) is 3.38. The fourth-order valence-corrected chi connectivity index (χ4v) is 3.46. The van der Waals surface area contributed by atoms with Crippen LogP contribution in [0.1, 0.15) is 30.6 Å². The zero-order chi connectivity index (χ0) is 23.6. The number of aliphatic hydroxyl groups is 1. The van der Waals surface area contributed by atoms with Crippen LogP contribution in [0.2, 0.25) is 5.02 Å². The Morgan fingerprint density at radius 1 is 1.09 bits per heavy atom. The van der Waals surface area contributed by atoms with Gasteiger partial charge >= 0.3 is 5.97 Å². The highest BCUT2D eigenvalue weighted by atomic mass is 35.5. The van der Waals surface area contributed by atoms with Crippen LogP contribution in [0.3, 0.4) is 0 Å². The number of hydrogen-bond acceptors (Lipinski definition) is 6. The zero-order valence-electron chi connectivity index (χ0n) is 18.2. The van der Waals surface area contributed by atoms with Crippen molar-refractivity contribution < 1.29 is 29.2 Å². The molecule has 0 saturated carbocycles. The second-order valence-electron chi connectivity index (χ2n) is 7.17. The Hall–Kier alpha value is -3.13. The largest absolute Gasteiger partial charge is 0.489 e. The van der Waals surface area contributed by atoms with E-state index in [-0.39, 0.29) is 19.6 Å². The molecule has 0 fully saturated rings. The van der Waals surface area contributed by atoms with Crippen molar-refractivity contribution in [2.24, 2.45) is 0 Å². The van der Waals surface area contributed by atoms with Gasteiger partial charge in [-0.1, -0.05) is 29.8 Å². The van der Waals surface area contributed by atoms with Crippen molar-refractivity contribution in [2.45, 2.75) is 26.1 Å². The first-order valence-corrected chi connectivity index (χ1v) is 10.9. The highest BCUT2D eigenvalue weighted by Crippen LogP contribution is 2.30. The lowest BCUT2D eigenvalue weighted by Crippen LogP contribution is -2.10. The molecule has 0 spiro atoms. The van der Waals surface area contributed by atoms with E-state index in [1.807, 2.05) is 43.3 Å². The number of halogens is 1. The molecule has 0 bridgehead atoms. The molecule has 33 heavy (non-hydrogen) atoms. The minimum Gasteiger partial charge on any atom is -0.489 e. The van der Waals surface area contributed by atoms with Crippen LogP contribution < -0.4 is 9.47 Å². The second-order valence-corrected chi connectivity index (χ2v) is 7.58. The van der Waals surface area contributed by atoms with Gasteiger partial charge in [0.15, 0.2) is 0 Å². The Bertz CT molecular complexity index is 1040. The van der Waals surface area contributed by atoms with Crippen molar-refractivity contribution in [3.63, 3.8) is 0 Å². The molecule has 7 nitrogen and oxygen atoms in total. The number of rotatable bonds is 12. The molecule has 0 saturated heterocycles. The molecule has 2 aromatic carbocycles. The molecule has 0 aliphatic carbocycles. The Morgan fingerprint density at radius 2 is 1.88 bits per heavy atom. The molecule has 0 unspecified atom stereocenters. The molecule has 1 atom stereocenters. The van der Waals surface area contributed by atoms with Gasteiger partial charge in [-0.25, -0.2) is 4.98 Å². The fraction of sp³-hybridized carbons (Fsp3) is 0.280. The van der Waals surface area contributed by atoms with Crippen molar-refractivity contribution in [2.75, 3.05) is 19.8 Å². The van der Waals surface area contributed by atoms with Gasteiger partial charge in [-0.2, -0.15) is 0 Å². The monoisotopic (exact) mass is 471 g/mol. The fourth-order valence-electron chi connectivity index (χ4n) is 3.24. The Balaban J connectivity index is 1.66. The molecule has 0 amide bonds. The van der Waals surface area contributed by atoms with Gasteiger partial charge in [0, 0.05) is 35.0 Å². The van der Waals surface area contributed by atoms with Crippen LogP contribution in [-0.2, 0) is 16.1 Å². The maximum absolute atomic E-state index is 11.1. The summed E-state index contributed by atoms with van der Waals surface area (Å²) in [6.45, 7) is 2.71. The van der Waals surface area contributed by atoms with Crippen LogP contribution in [-0.4, -0.2) is 41.0 Å². The van der Waals surface area contributed by atoms with Crippen LogP contribution in [0.15, 0.2) is 60.8 Å². The van der Waals surface area contributed by atoms with E-state index in [0.29, 0.717) is 29.9 Å². The van der Waals surface area contributed by atoms with E-state index in [0.717, 1.165) is 22.3 Å². The predicted molar refractivity (Wildman–Crippen MR) is 125 cm³/mol. The third-order valence-electron chi connectivity index (χ3n) is 4.80. The van der Waals surface area contributed by atoms with Crippen molar-refractivity contribution in [1.82, 2.24) is 4.98 Å². The number of carbonyl (C=O) groups is 1. The van der Waals surface area contributed by atoms with E-state index in [1.54, 1.807) is 24.4 Å². The Labute approximate surface area is 197 Å². The summed E-state index contributed by atoms with van der Waals surface area (Å²) < 4.78 is 16.7. The highest BCUT2D eigenvalue weighted by Gasteiger charge is 2.15. The lowest BCUT2D eigenvalue weighted by Gasteiger charge is -2.16. The molecular formula is C25H26ClNO6. The smallest absolute Gasteiger partial charge is 0.306 e. The normalized spacial score (nSPS) is 11.7. The number of aliphatic carboxylic acids is 1. The average molecular weight is 472 g/mol. The predicted octanol–water partition coefficient (Wildman–Crippen LogP) is 4.90. The Morgan fingerprint density at radius 3 is 2.52 bits per heavy atom. The first kappa shape index (κ1) is 24.5. The topological polar surface area (TPSA) is 98.1 Å². The van der Waals surface area contributed by atoms with E-state index in [2.05, 4.69) is 4.98 Å². The summed E-state index contributed by atoms with van der Waals surface area (Å²) in [6, 6.07) is 16.5. The van der Waals surface area contributed by atoms with Gasteiger partial charge in [0.25, 0.3) is 0 Å². The molecule has 3 aromatic rings. The van der Waals surface area contributed by atoms with Crippen LogP contribution in [0.25, 0.3) is 11.1 Å².